The molecule has 4 rings (SSSR count). The minimum absolute atomic E-state index is 0.663. The molecule has 1 N–H and O–H groups in total. The van der Waals surface area contributed by atoms with Gasteiger partial charge in [0.25, 0.3) is 0 Å². The maximum absolute atomic E-state index is 5.96. The van der Waals surface area contributed by atoms with Gasteiger partial charge in [0.1, 0.15) is 0 Å². The van der Waals surface area contributed by atoms with Crippen molar-refractivity contribution in [2.24, 2.45) is 0 Å². The van der Waals surface area contributed by atoms with E-state index in [9.17, 15) is 0 Å². The van der Waals surface area contributed by atoms with Gasteiger partial charge in [-0.1, -0.05) is 41.9 Å². The van der Waals surface area contributed by atoms with Crippen molar-refractivity contribution in [3.8, 4) is 0 Å². The zero-order valence-corrected chi connectivity index (χ0v) is 14.6. The molecule has 25 heavy (non-hydrogen) atoms. The number of nitrogens with one attached hydrogen (secondary N) is 1. The van der Waals surface area contributed by atoms with Gasteiger partial charge in [0.15, 0.2) is 0 Å². The van der Waals surface area contributed by atoms with E-state index < -0.39 is 0 Å². The smallest absolute Gasteiger partial charge is 0.227 e. The molecule has 0 spiro atoms. The Bertz CT molecular complexity index is 849. The van der Waals surface area contributed by atoms with Crippen molar-refractivity contribution in [3.63, 3.8) is 0 Å². The number of fused-ring (bicyclic) bond motifs is 1. The van der Waals surface area contributed by atoms with Gasteiger partial charge < -0.3 is 5.32 Å². The van der Waals surface area contributed by atoms with Crippen molar-refractivity contribution >= 4 is 23.2 Å². The maximum atomic E-state index is 5.96. The second-order valence-electron chi connectivity index (χ2n) is 6.24. The summed E-state index contributed by atoms with van der Waals surface area (Å²) in [7, 11) is 0. The molecule has 2 aromatic carbocycles. The minimum atomic E-state index is 0.663. The summed E-state index contributed by atoms with van der Waals surface area (Å²) in [4.78, 5) is 11.6. The molecule has 4 nitrogen and oxygen atoms in total. The highest BCUT2D eigenvalue weighted by molar-refractivity contribution is 6.30. The van der Waals surface area contributed by atoms with Crippen LogP contribution in [0.3, 0.4) is 0 Å². The van der Waals surface area contributed by atoms with Crippen molar-refractivity contribution in [2.75, 3.05) is 11.9 Å². The standard InChI is InChI=1S/C20H19ClN4/c21-17-8-6-15(7-9-17)13-25-11-10-19-16(14-25)12-22-20(24-19)23-18-4-2-1-3-5-18/h1-9,12H,10-11,13-14H2,(H,22,23,24). The van der Waals surface area contributed by atoms with Gasteiger partial charge in [0.2, 0.25) is 5.95 Å². The number of benzene rings is 2. The summed E-state index contributed by atoms with van der Waals surface area (Å²) in [6.07, 6.45) is 2.89. The Kier molecular flexibility index (Phi) is 4.63. The van der Waals surface area contributed by atoms with Gasteiger partial charge in [0, 0.05) is 48.5 Å². The Morgan fingerprint density at radius 1 is 1.04 bits per heavy atom. The first-order valence-corrected chi connectivity index (χ1v) is 8.78. The van der Waals surface area contributed by atoms with Crippen LogP contribution in [0.5, 0.6) is 0 Å². The fourth-order valence-electron chi connectivity index (χ4n) is 3.07. The van der Waals surface area contributed by atoms with Crippen LogP contribution in [0.2, 0.25) is 5.02 Å². The fraction of sp³-hybridized carbons (Fsp3) is 0.200. The second kappa shape index (κ2) is 7.21. The van der Waals surface area contributed by atoms with Gasteiger partial charge in [-0.15, -0.1) is 0 Å². The van der Waals surface area contributed by atoms with Crippen molar-refractivity contribution in [2.45, 2.75) is 19.5 Å². The predicted molar refractivity (Wildman–Crippen MR) is 101 cm³/mol. The zero-order valence-electron chi connectivity index (χ0n) is 13.8. The van der Waals surface area contributed by atoms with Gasteiger partial charge in [0.05, 0.1) is 5.69 Å². The average Bonchev–Trinajstić information content (AvgIpc) is 2.65. The Morgan fingerprint density at radius 2 is 1.84 bits per heavy atom. The van der Waals surface area contributed by atoms with E-state index in [-0.39, 0.29) is 0 Å². The third-order valence-corrected chi connectivity index (χ3v) is 4.61. The first-order valence-electron chi connectivity index (χ1n) is 8.40. The van der Waals surface area contributed by atoms with Crippen LogP contribution in [0.15, 0.2) is 60.8 Å². The number of anilines is 2. The molecule has 1 aliphatic heterocycles. The molecule has 0 radical (unpaired) electrons. The molecule has 2 heterocycles. The van der Waals surface area contributed by atoms with E-state index in [1.54, 1.807) is 0 Å². The summed E-state index contributed by atoms with van der Waals surface area (Å²) in [6.45, 7) is 2.79. The normalized spacial score (nSPS) is 14.1. The predicted octanol–water partition coefficient (Wildman–Crippen LogP) is 4.43. The zero-order chi connectivity index (χ0) is 17.1. The summed E-state index contributed by atoms with van der Waals surface area (Å²) in [5.74, 6) is 0.663. The van der Waals surface area contributed by atoms with Gasteiger partial charge in [-0.25, -0.2) is 9.97 Å². The Hall–Kier alpha value is -2.43. The SMILES string of the molecule is Clc1ccc(CN2CCc3nc(Nc4ccccc4)ncc3C2)cc1. The Balaban J connectivity index is 1.44. The van der Waals surface area contributed by atoms with Gasteiger partial charge in [-0.3, -0.25) is 4.90 Å². The van der Waals surface area contributed by atoms with Crippen molar-refractivity contribution < 1.29 is 0 Å². The first-order chi connectivity index (χ1) is 12.3. The topological polar surface area (TPSA) is 41.1 Å². The molecule has 5 heteroatoms. The lowest BCUT2D eigenvalue weighted by atomic mass is 10.1. The number of para-hydroxylation sites is 1. The van der Waals surface area contributed by atoms with Gasteiger partial charge >= 0.3 is 0 Å². The van der Waals surface area contributed by atoms with E-state index in [4.69, 9.17) is 16.6 Å². The van der Waals surface area contributed by atoms with Crippen LogP contribution in [-0.2, 0) is 19.5 Å². The fourth-order valence-corrected chi connectivity index (χ4v) is 3.19. The molecule has 0 saturated heterocycles. The van der Waals surface area contributed by atoms with Crippen molar-refractivity contribution in [1.82, 2.24) is 14.9 Å². The molecular formula is C20H19ClN4. The molecule has 1 aromatic heterocycles. The van der Waals surface area contributed by atoms with Crippen LogP contribution in [0.25, 0.3) is 0 Å². The lowest BCUT2D eigenvalue weighted by Gasteiger charge is -2.28. The lowest BCUT2D eigenvalue weighted by molar-refractivity contribution is 0.243. The number of hydrogen-bond donors (Lipinski definition) is 1. The van der Waals surface area contributed by atoms with E-state index in [0.29, 0.717) is 5.95 Å². The van der Waals surface area contributed by atoms with Crippen LogP contribution < -0.4 is 5.32 Å². The number of halogens is 1. The van der Waals surface area contributed by atoms with Crippen LogP contribution >= 0.6 is 11.6 Å². The van der Waals surface area contributed by atoms with Crippen LogP contribution in [0, 0.1) is 0 Å². The molecule has 126 valence electrons. The first kappa shape index (κ1) is 16.1. The average molecular weight is 351 g/mol. The van der Waals surface area contributed by atoms with E-state index in [1.165, 1.54) is 11.1 Å². The molecule has 3 aromatic rings. The molecule has 0 bridgehead atoms. The van der Waals surface area contributed by atoms with E-state index >= 15 is 0 Å². The van der Waals surface area contributed by atoms with Crippen molar-refractivity contribution in [1.29, 1.82) is 0 Å². The molecule has 0 fully saturated rings. The summed E-state index contributed by atoms with van der Waals surface area (Å²) < 4.78 is 0. The molecule has 0 aliphatic carbocycles. The van der Waals surface area contributed by atoms with Crippen molar-refractivity contribution in [3.05, 3.63) is 82.6 Å². The third kappa shape index (κ3) is 3.98. The highest BCUT2D eigenvalue weighted by Crippen LogP contribution is 2.21. The molecule has 0 atom stereocenters. The molecule has 0 unspecified atom stereocenters. The highest BCUT2D eigenvalue weighted by atomic mass is 35.5. The number of rotatable bonds is 4. The number of hydrogen-bond acceptors (Lipinski definition) is 4. The summed E-state index contributed by atoms with van der Waals surface area (Å²) in [6, 6.07) is 18.1. The summed E-state index contributed by atoms with van der Waals surface area (Å²) >= 11 is 5.96. The Labute approximate surface area is 152 Å². The number of aromatic nitrogens is 2. The Morgan fingerprint density at radius 3 is 2.64 bits per heavy atom. The monoisotopic (exact) mass is 350 g/mol. The largest absolute Gasteiger partial charge is 0.324 e. The second-order valence-corrected chi connectivity index (χ2v) is 6.68. The third-order valence-electron chi connectivity index (χ3n) is 4.36. The summed E-state index contributed by atoms with van der Waals surface area (Å²) in [5.41, 5.74) is 4.62. The molecule has 0 amide bonds. The molecule has 0 saturated carbocycles. The quantitative estimate of drug-likeness (QED) is 0.755. The minimum Gasteiger partial charge on any atom is -0.324 e. The summed E-state index contributed by atoms with van der Waals surface area (Å²) in [5, 5.41) is 4.04. The van der Waals surface area contributed by atoms with Crippen LogP contribution in [0.4, 0.5) is 11.6 Å². The number of nitrogens with zero attached hydrogens (tertiary/aromatic N) is 3. The van der Waals surface area contributed by atoms with Crippen LogP contribution in [0.1, 0.15) is 16.8 Å². The van der Waals surface area contributed by atoms with Gasteiger partial charge in [-0.2, -0.15) is 0 Å². The van der Waals surface area contributed by atoms with E-state index in [0.717, 1.165) is 42.5 Å². The maximum Gasteiger partial charge on any atom is 0.227 e. The van der Waals surface area contributed by atoms with E-state index in [1.807, 2.05) is 48.7 Å². The van der Waals surface area contributed by atoms with E-state index in [2.05, 4.69) is 27.3 Å². The van der Waals surface area contributed by atoms with Crippen LogP contribution in [-0.4, -0.2) is 21.4 Å². The highest BCUT2D eigenvalue weighted by Gasteiger charge is 2.18. The van der Waals surface area contributed by atoms with Gasteiger partial charge in [-0.05, 0) is 29.8 Å². The molecular weight excluding hydrogens is 332 g/mol. The molecule has 1 aliphatic rings. The lowest BCUT2D eigenvalue weighted by Crippen LogP contribution is -2.31.